The molecule has 3 aromatic carbocycles. The second kappa shape index (κ2) is 13.6. The van der Waals surface area contributed by atoms with Gasteiger partial charge in [-0.3, -0.25) is 19.4 Å². The molecule has 0 saturated heterocycles. The molecule has 214 valence electrons. The normalized spacial score (nSPS) is 12.2. The number of anilines is 2. The third-order valence-electron chi connectivity index (χ3n) is 5.76. The summed E-state index contributed by atoms with van der Waals surface area (Å²) < 4.78 is 39.0. The van der Waals surface area contributed by atoms with Gasteiger partial charge >= 0.3 is 6.18 Å². The number of carbonyl (C=O) groups is 3. The van der Waals surface area contributed by atoms with Gasteiger partial charge in [0.15, 0.2) is 0 Å². The number of nitrogens with zero attached hydrogens (tertiary/aromatic N) is 1. The summed E-state index contributed by atoms with van der Waals surface area (Å²) in [5, 5.41) is 7.25. The molecule has 7 nitrogen and oxygen atoms in total. The minimum Gasteiger partial charge on any atom is -0.325 e. The maximum absolute atomic E-state index is 13.3. The van der Waals surface area contributed by atoms with Crippen LogP contribution in [-0.2, 0) is 15.8 Å². The number of aromatic nitrogens is 1. The molecule has 3 amide bonds. The Morgan fingerprint density at radius 3 is 2.26 bits per heavy atom. The highest BCUT2D eigenvalue weighted by molar-refractivity contribution is 8.00. The molecule has 0 aliphatic carbocycles. The number of benzene rings is 3. The largest absolute Gasteiger partial charge is 0.416 e. The Bertz CT molecular complexity index is 1600. The van der Waals surface area contributed by atoms with E-state index in [2.05, 4.69) is 20.9 Å². The molecule has 4 rings (SSSR count). The summed E-state index contributed by atoms with van der Waals surface area (Å²) in [6.45, 7) is 1.62. The lowest BCUT2D eigenvalue weighted by atomic mass is 10.2. The van der Waals surface area contributed by atoms with Gasteiger partial charge in [0, 0.05) is 34.2 Å². The van der Waals surface area contributed by atoms with Crippen molar-refractivity contribution in [1.82, 2.24) is 10.3 Å². The molecule has 42 heavy (non-hydrogen) atoms. The van der Waals surface area contributed by atoms with E-state index in [4.69, 9.17) is 0 Å². The van der Waals surface area contributed by atoms with Crippen LogP contribution in [0.5, 0.6) is 0 Å². The molecule has 0 radical (unpaired) electrons. The van der Waals surface area contributed by atoms with Gasteiger partial charge in [0.1, 0.15) is 5.70 Å². The number of rotatable bonds is 9. The van der Waals surface area contributed by atoms with E-state index >= 15 is 0 Å². The van der Waals surface area contributed by atoms with Crippen LogP contribution in [0.15, 0.2) is 114 Å². The average molecular weight is 591 g/mol. The van der Waals surface area contributed by atoms with E-state index in [1.54, 1.807) is 86.0 Å². The predicted molar refractivity (Wildman–Crippen MR) is 157 cm³/mol. The van der Waals surface area contributed by atoms with Gasteiger partial charge in [0.25, 0.3) is 11.8 Å². The van der Waals surface area contributed by atoms with Crippen LogP contribution in [0.2, 0.25) is 0 Å². The lowest BCUT2D eigenvalue weighted by Gasteiger charge is -2.15. The topological polar surface area (TPSA) is 100 Å². The zero-order valence-electron chi connectivity index (χ0n) is 22.2. The minimum atomic E-state index is -4.52. The van der Waals surface area contributed by atoms with E-state index in [0.29, 0.717) is 21.7 Å². The number of halogens is 3. The van der Waals surface area contributed by atoms with Gasteiger partial charge in [0.05, 0.1) is 10.8 Å². The molecular formula is C31H25F3N4O3S. The molecule has 1 aromatic heterocycles. The first-order valence-corrected chi connectivity index (χ1v) is 13.5. The van der Waals surface area contributed by atoms with E-state index in [1.165, 1.54) is 18.2 Å². The smallest absolute Gasteiger partial charge is 0.325 e. The quantitative estimate of drug-likeness (QED) is 0.150. The standard InChI is InChI=1S/C31H25F3N4O3S/c1-20(28(39)36-24-12-5-11-23(17-24)31(32,33)34)42-26-14-6-13-25(18-26)37-30(41)27(16-21-8-7-15-35-19-21)38-29(40)22-9-3-2-4-10-22/h2-20H,1H3,(H,36,39)(H,37,41)(H,38,40)/b27-16-. The van der Waals surface area contributed by atoms with E-state index in [1.807, 2.05) is 0 Å². The number of amides is 3. The zero-order chi connectivity index (χ0) is 30.1. The molecule has 0 aliphatic rings. The molecule has 0 aliphatic heterocycles. The lowest BCUT2D eigenvalue weighted by Crippen LogP contribution is -2.30. The summed E-state index contributed by atoms with van der Waals surface area (Å²) in [4.78, 5) is 43.4. The highest BCUT2D eigenvalue weighted by Gasteiger charge is 2.30. The van der Waals surface area contributed by atoms with Crippen LogP contribution >= 0.6 is 11.8 Å². The third-order valence-corrected chi connectivity index (χ3v) is 6.85. The fourth-order valence-corrected chi connectivity index (χ4v) is 4.62. The molecule has 0 bridgehead atoms. The molecule has 0 saturated carbocycles. The Hall–Kier alpha value is -4.90. The predicted octanol–water partition coefficient (Wildman–Crippen LogP) is 6.63. The summed E-state index contributed by atoms with van der Waals surface area (Å²) in [5.41, 5.74) is 0.541. The Morgan fingerprint density at radius 2 is 1.57 bits per heavy atom. The van der Waals surface area contributed by atoms with Crippen LogP contribution in [0, 0.1) is 0 Å². The van der Waals surface area contributed by atoms with Crippen molar-refractivity contribution in [2.45, 2.75) is 23.2 Å². The fourth-order valence-electron chi connectivity index (χ4n) is 3.69. The van der Waals surface area contributed by atoms with E-state index in [9.17, 15) is 27.6 Å². The maximum atomic E-state index is 13.3. The number of thioether (sulfide) groups is 1. The van der Waals surface area contributed by atoms with Crippen molar-refractivity contribution in [3.8, 4) is 0 Å². The molecule has 4 aromatic rings. The monoisotopic (exact) mass is 590 g/mol. The first kappa shape index (κ1) is 30.1. The van der Waals surface area contributed by atoms with Crippen LogP contribution in [0.1, 0.15) is 28.4 Å². The molecule has 1 unspecified atom stereocenters. The van der Waals surface area contributed by atoms with Gasteiger partial charge in [0.2, 0.25) is 5.91 Å². The summed E-state index contributed by atoms with van der Waals surface area (Å²) in [6.07, 6.45) is 0.111. The van der Waals surface area contributed by atoms with Gasteiger partial charge in [-0.15, -0.1) is 11.8 Å². The first-order valence-electron chi connectivity index (χ1n) is 12.6. The van der Waals surface area contributed by atoms with Crippen molar-refractivity contribution in [3.63, 3.8) is 0 Å². The van der Waals surface area contributed by atoms with Crippen molar-refractivity contribution in [2.24, 2.45) is 0 Å². The third kappa shape index (κ3) is 8.55. The van der Waals surface area contributed by atoms with E-state index < -0.39 is 34.7 Å². The number of alkyl halides is 3. The molecule has 3 N–H and O–H groups in total. The Kier molecular flexibility index (Phi) is 9.77. The SMILES string of the molecule is CC(Sc1cccc(NC(=O)/C(=C/c2cccnc2)NC(=O)c2ccccc2)c1)C(=O)Nc1cccc(C(F)(F)F)c1. The summed E-state index contributed by atoms with van der Waals surface area (Å²) >= 11 is 1.16. The number of hydrogen-bond acceptors (Lipinski definition) is 5. The molecule has 1 heterocycles. The summed E-state index contributed by atoms with van der Waals surface area (Å²) in [6, 6.07) is 23.0. The van der Waals surface area contributed by atoms with Gasteiger partial charge in [-0.2, -0.15) is 13.2 Å². The number of nitrogens with one attached hydrogen (secondary N) is 3. The van der Waals surface area contributed by atoms with Crippen LogP contribution < -0.4 is 16.0 Å². The second-order valence-corrected chi connectivity index (χ2v) is 10.4. The lowest BCUT2D eigenvalue weighted by molar-refractivity contribution is -0.137. The second-order valence-electron chi connectivity index (χ2n) is 8.97. The molecule has 0 spiro atoms. The van der Waals surface area contributed by atoms with Crippen LogP contribution in [0.25, 0.3) is 6.08 Å². The van der Waals surface area contributed by atoms with Crippen LogP contribution in [0.3, 0.4) is 0 Å². The Labute approximate surface area is 244 Å². The molecule has 0 fully saturated rings. The van der Waals surface area contributed by atoms with Crippen LogP contribution in [0.4, 0.5) is 24.5 Å². The summed E-state index contributed by atoms with van der Waals surface area (Å²) in [5.74, 6) is -1.54. The molecular weight excluding hydrogens is 565 g/mol. The first-order chi connectivity index (χ1) is 20.1. The van der Waals surface area contributed by atoms with Gasteiger partial charge in [-0.25, -0.2) is 0 Å². The highest BCUT2D eigenvalue weighted by atomic mass is 32.2. The number of carbonyl (C=O) groups excluding carboxylic acids is 3. The van der Waals surface area contributed by atoms with Crippen molar-refractivity contribution < 1.29 is 27.6 Å². The Balaban J connectivity index is 1.45. The van der Waals surface area contributed by atoms with Crippen molar-refractivity contribution in [2.75, 3.05) is 10.6 Å². The van der Waals surface area contributed by atoms with E-state index in [-0.39, 0.29) is 11.4 Å². The maximum Gasteiger partial charge on any atom is 0.416 e. The molecule has 1 atom stereocenters. The van der Waals surface area contributed by atoms with E-state index in [0.717, 1.165) is 23.9 Å². The van der Waals surface area contributed by atoms with Gasteiger partial charge < -0.3 is 16.0 Å². The highest BCUT2D eigenvalue weighted by Crippen LogP contribution is 2.31. The number of hydrogen-bond donors (Lipinski definition) is 3. The Morgan fingerprint density at radius 1 is 0.857 bits per heavy atom. The van der Waals surface area contributed by atoms with Crippen molar-refractivity contribution in [1.29, 1.82) is 0 Å². The number of pyridine rings is 1. The van der Waals surface area contributed by atoms with Gasteiger partial charge in [-0.1, -0.05) is 36.4 Å². The van der Waals surface area contributed by atoms with Crippen molar-refractivity contribution in [3.05, 3.63) is 126 Å². The fraction of sp³-hybridized carbons (Fsp3) is 0.0968. The zero-order valence-corrected chi connectivity index (χ0v) is 23.0. The van der Waals surface area contributed by atoms with Crippen LogP contribution in [-0.4, -0.2) is 28.0 Å². The summed E-state index contributed by atoms with van der Waals surface area (Å²) in [7, 11) is 0. The van der Waals surface area contributed by atoms with Gasteiger partial charge in [-0.05, 0) is 73.2 Å². The minimum absolute atomic E-state index is 0.0104. The van der Waals surface area contributed by atoms with Crippen molar-refractivity contribution >= 4 is 46.9 Å². The molecule has 11 heteroatoms. The average Bonchev–Trinajstić information content (AvgIpc) is 2.97.